The van der Waals surface area contributed by atoms with Crippen LogP contribution in [0.25, 0.3) is 0 Å². The van der Waals surface area contributed by atoms with Gasteiger partial charge in [0.2, 0.25) is 0 Å². The van der Waals surface area contributed by atoms with Crippen LogP contribution in [0, 0.1) is 11.8 Å². The second kappa shape index (κ2) is 7.01. The Bertz CT molecular complexity index is 872. The molecule has 2 aromatic carbocycles. The number of fused-ring (bicyclic) bond motifs is 1. The minimum atomic E-state index is 0.608. The first-order valence-corrected chi connectivity index (χ1v) is 7.64. The normalized spacial score (nSPS) is 12.8. The highest BCUT2D eigenvalue weighted by Gasteiger charge is 2.20. The molecular formula is C20H18N2O2. The van der Waals surface area contributed by atoms with E-state index in [-0.39, 0.29) is 0 Å². The van der Waals surface area contributed by atoms with E-state index in [2.05, 4.69) is 22.0 Å². The summed E-state index contributed by atoms with van der Waals surface area (Å²) < 4.78 is 10.9. The fourth-order valence-electron chi connectivity index (χ4n) is 2.69. The number of hydrogen-bond acceptors (Lipinski definition) is 4. The van der Waals surface area contributed by atoms with E-state index in [4.69, 9.17) is 9.47 Å². The molecule has 0 amide bonds. The van der Waals surface area contributed by atoms with Crippen molar-refractivity contribution in [1.29, 1.82) is 0 Å². The monoisotopic (exact) mass is 318 g/mol. The predicted octanol–water partition coefficient (Wildman–Crippen LogP) is 3.48. The molecule has 0 unspecified atom stereocenters. The van der Waals surface area contributed by atoms with Crippen LogP contribution in [0.4, 0.5) is 0 Å². The number of benzene rings is 2. The lowest BCUT2D eigenvalue weighted by molar-refractivity contribution is 0.354. The van der Waals surface area contributed by atoms with Crippen LogP contribution >= 0.6 is 0 Å². The largest absolute Gasteiger partial charge is 0.493 e. The maximum atomic E-state index is 5.46. The Morgan fingerprint density at radius 2 is 1.67 bits per heavy atom. The summed E-state index contributed by atoms with van der Waals surface area (Å²) in [6, 6.07) is 13.9. The molecule has 3 rings (SSSR count). The summed E-state index contributed by atoms with van der Waals surface area (Å²) in [5.74, 6) is 7.28. The maximum absolute atomic E-state index is 5.46. The summed E-state index contributed by atoms with van der Waals surface area (Å²) in [5.41, 5.74) is 4.58. The van der Waals surface area contributed by atoms with E-state index in [0.717, 1.165) is 28.1 Å². The molecule has 120 valence electrons. The fraction of sp³-hybridized carbons (Fsp3) is 0.200. The van der Waals surface area contributed by atoms with E-state index >= 15 is 0 Å². The van der Waals surface area contributed by atoms with E-state index in [1.54, 1.807) is 21.1 Å². The molecule has 24 heavy (non-hydrogen) atoms. The van der Waals surface area contributed by atoms with E-state index in [1.807, 2.05) is 42.5 Å². The molecule has 0 bridgehead atoms. The van der Waals surface area contributed by atoms with Gasteiger partial charge in [-0.3, -0.25) is 0 Å². The molecule has 1 aliphatic heterocycles. The number of hydrogen-bond donors (Lipinski definition) is 0. The number of ether oxygens (including phenoxy) is 2. The van der Waals surface area contributed by atoms with Crippen molar-refractivity contribution in [1.82, 2.24) is 0 Å². The van der Waals surface area contributed by atoms with Crippen molar-refractivity contribution >= 4 is 11.4 Å². The molecule has 0 spiro atoms. The van der Waals surface area contributed by atoms with Crippen molar-refractivity contribution in [2.75, 3.05) is 14.2 Å². The highest BCUT2D eigenvalue weighted by molar-refractivity contribution is 6.16. The van der Waals surface area contributed by atoms with Crippen LogP contribution in [0.15, 0.2) is 52.7 Å². The first kappa shape index (κ1) is 15.8. The lowest BCUT2D eigenvalue weighted by atomic mass is 9.94. The van der Waals surface area contributed by atoms with E-state index in [9.17, 15) is 0 Å². The molecule has 1 heterocycles. The standard InChI is InChI=1S/C20H18N2O2/c1-4-8-16-11-15-12-18(23-2)19(24-3)13-17(15)20(22-21-16)14-9-6-5-7-10-14/h5-7,9-10,12-13H,11H2,1-3H3. The lowest BCUT2D eigenvalue weighted by Crippen LogP contribution is -2.08. The topological polar surface area (TPSA) is 43.2 Å². The molecule has 0 aliphatic carbocycles. The van der Waals surface area contributed by atoms with Gasteiger partial charge in [-0.05, 0) is 30.5 Å². The summed E-state index contributed by atoms with van der Waals surface area (Å²) in [6.07, 6.45) is 0.608. The SMILES string of the molecule is CC#CC1=NN=C(c2ccccc2)c2cc(OC)c(OC)cc2C1. The predicted molar refractivity (Wildman–Crippen MR) is 96.2 cm³/mol. The van der Waals surface area contributed by atoms with Crippen LogP contribution in [0.5, 0.6) is 11.5 Å². The van der Waals surface area contributed by atoms with Gasteiger partial charge in [-0.15, -0.1) is 10.2 Å². The van der Waals surface area contributed by atoms with Gasteiger partial charge in [0.05, 0.1) is 14.2 Å². The third-order valence-corrected chi connectivity index (χ3v) is 3.81. The molecule has 0 atom stereocenters. The van der Waals surface area contributed by atoms with Gasteiger partial charge in [-0.1, -0.05) is 36.3 Å². The van der Waals surface area contributed by atoms with Crippen LogP contribution in [-0.4, -0.2) is 25.6 Å². The third kappa shape index (κ3) is 3.02. The van der Waals surface area contributed by atoms with Crippen molar-refractivity contribution in [2.24, 2.45) is 10.2 Å². The van der Waals surface area contributed by atoms with Crippen molar-refractivity contribution in [3.8, 4) is 23.3 Å². The fourth-order valence-corrected chi connectivity index (χ4v) is 2.69. The number of rotatable bonds is 3. The summed E-state index contributed by atoms with van der Waals surface area (Å²) in [5, 5.41) is 8.82. The quantitative estimate of drug-likeness (QED) is 0.813. The van der Waals surface area contributed by atoms with Crippen molar-refractivity contribution in [3.63, 3.8) is 0 Å². The van der Waals surface area contributed by atoms with Gasteiger partial charge in [0.25, 0.3) is 0 Å². The van der Waals surface area contributed by atoms with Gasteiger partial charge in [-0.25, -0.2) is 0 Å². The zero-order chi connectivity index (χ0) is 16.9. The number of methoxy groups -OCH3 is 2. The average Bonchev–Trinajstić information content (AvgIpc) is 2.80. The molecule has 0 N–H and O–H groups in total. The molecule has 4 nitrogen and oxygen atoms in total. The molecule has 0 saturated heterocycles. The summed E-state index contributed by atoms with van der Waals surface area (Å²) in [6.45, 7) is 1.80. The second-order valence-corrected chi connectivity index (χ2v) is 5.28. The molecule has 0 fully saturated rings. The highest BCUT2D eigenvalue weighted by Crippen LogP contribution is 2.33. The Balaban J connectivity index is 2.23. The van der Waals surface area contributed by atoms with Crippen molar-refractivity contribution in [3.05, 3.63) is 59.2 Å². The molecule has 4 heteroatoms. The molecule has 0 radical (unpaired) electrons. The Labute approximate surface area is 141 Å². The number of nitrogens with zero attached hydrogens (tertiary/aromatic N) is 2. The van der Waals surface area contributed by atoms with Gasteiger partial charge in [0.1, 0.15) is 11.4 Å². The molecule has 2 aromatic rings. The molecular weight excluding hydrogens is 300 g/mol. The summed E-state index contributed by atoms with van der Waals surface area (Å²) in [7, 11) is 3.26. The highest BCUT2D eigenvalue weighted by atomic mass is 16.5. The van der Waals surface area contributed by atoms with Crippen molar-refractivity contribution < 1.29 is 9.47 Å². The van der Waals surface area contributed by atoms with Gasteiger partial charge in [0, 0.05) is 17.5 Å². The minimum absolute atomic E-state index is 0.608. The first-order chi connectivity index (χ1) is 11.8. The van der Waals surface area contributed by atoms with E-state index in [1.165, 1.54) is 0 Å². The molecule has 0 aromatic heterocycles. The zero-order valence-electron chi connectivity index (χ0n) is 14.0. The van der Waals surface area contributed by atoms with Crippen molar-refractivity contribution in [2.45, 2.75) is 13.3 Å². The van der Waals surface area contributed by atoms with Gasteiger partial charge in [-0.2, -0.15) is 0 Å². The third-order valence-electron chi connectivity index (χ3n) is 3.81. The van der Waals surface area contributed by atoms with E-state index < -0.39 is 0 Å². The van der Waals surface area contributed by atoms with Crippen LogP contribution in [0.1, 0.15) is 23.6 Å². The zero-order valence-corrected chi connectivity index (χ0v) is 14.0. The smallest absolute Gasteiger partial charge is 0.161 e. The van der Waals surface area contributed by atoms with Gasteiger partial charge >= 0.3 is 0 Å². The van der Waals surface area contributed by atoms with Crippen LogP contribution in [0.3, 0.4) is 0 Å². The Morgan fingerprint density at radius 3 is 2.33 bits per heavy atom. The van der Waals surface area contributed by atoms with Crippen LogP contribution in [0.2, 0.25) is 0 Å². The Kier molecular flexibility index (Phi) is 4.62. The Morgan fingerprint density at radius 1 is 0.958 bits per heavy atom. The lowest BCUT2D eigenvalue weighted by Gasteiger charge is -2.14. The summed E-state index contributed by atoms with van der Waals surface area (Å²) in [4.78, 5) is 0. The van der Waals surface area contributed by atoms with E-state index in [0.29, 0.717) is 17.9 Å². The van der Waals surface area contributed by atoms with Gasteiger partial charge < -0.3 is 9.47 Å². The average molecular weight is 318 g/mol. The Hall–Kier alpha value is -3.06. The summed E-state index contributed by atoms with van der Waals surface area (Å²) >= 11 is 0. The maximum Gasteiger partial charge on any atom is 0.161 e. The first-order valence-electron chi connectivity index (χ1n) is 7.64. The van der Waals surface area contributed by atoms with Crippen LogP contribution < -0.4 is 9.47 Å². The molecule has 1 aliphatic rings. The second-order valence-electron chi connectivity index (χ2n) is 5.28. The van der Waals surface area contributed by atoms with Gasteiger partial charge in [0.15, 0.2) is 11.5 Å². The minimum Gasteiger partial charge on any atom is -0.493 e. The molecule has 0 saturated carbocycles. The van der Waals surface area contributed by atoms with Crippen LogP contribution in [-0.2, 0) is 6.42 Å².